The standard InChI is InChI=1S/C39H53N7O6S/c1-7-33(26(2)19-28-11-15-50-16-12-28)35-27(3)36-43-38(42-35)44-53(48,49)32-10-8-9-29(20-32)37(47)46(30(25-52-36)21-39(4,5)6)24-34-40-22-31(23-41-34)45-13-17-51-18-14-45/h8-10,20,22-23,28,30H,7,11-19,21,24-25H2,1-6H3,(H,42,43,44)/b33-26-/t30-/m1/s1. The third-order valence-corrected chi connectivity index (χ3v) is 11.5. The van der Waals surface area contributed by atoms with Gasteiger partial charge >= 0.3 is 0 Å². The van der Waals surface area contributed by atoms with Crippen molar-refractivity contribution in [3.8, 4) is 5.88 Å². The van der Waals surface area contributed by atoms with Gasteiger partial charge in [-0.05, 0) is 81.1 Å². The van der Waals surface area contributed by atoms with Crippen molar-refractivity contribution < 1.29 is 27.4 Å². The van der Waals surface area contributed by atoms with Crippen molar-refractivity contribution >= 4 is 33.1 Å². The number of hydrogen-bond acceptors (Lipinski definition) is 11. The van der Waals surface area contributed by atoms with Gasteiger partial charge in [0.15, 0.2) is 0 Å². The van der Waals surface area contributed by atoms with Gasteiger partial charge in [-0.15, -0.1) is 0 Å². The number of hydrogen-bond donors (Lipinski definition) is 1. The Kier molecular flexibility index (Phi) is 12.0. The maximum Gasteiger partial charge on any atom is 0.264 e. The molecule has 53 heavy (non-hydrogen) atoms. The summed E-state index contributed by atoms with van der Waals surface area (Å²) in [5.74, 6) is 0.802. The number of aromatic nitrogens is 4. The molecule has 6 rings (SSSR count). The fourth-order valence-corrected chi connectivity index (χ4v) is 8.36. The fraction of sp³-hybridized carbons (Fsp3) is 0.564. The van der Waals surface area contributed by atoms with Crippen LogP contribution < -0.4 is 14.4 Å². The highest BCUT2D eigenvalue weighted by molar-refractivity contribution is 7.92. The van der Waals surface area contributed by atoms with Gasteiger partial charge in [0, 0.05) is 37.4 Å². The van der Waals surface area contributed by atoms with Crippen molar-refractivity contribution in [3.63, 3.8) is 0 Å². The van der Waals surface area contributed by atoms with E-state index in [2.05, 4.69) is 59.2 Å². The molecule has 1 aromatic carbocycles. The molecule has 3 aliphatic heterocycles. The van der Waals surface area contributed by atoms with E-state index in [4.69, 9.17) is 19.2 Å². The smallest absolute Gasteiger partial charge is 0.264 e. The van der Waals surface area contributed by atoms with Crippen LogP contribution in [0.25, 0.3) is 5.57 Å². The molecule has 1 amide bonds. The highest BCUT2D eigenvalue weighted by Gasteiger charge is 2.33. The van der Waals surface area contributed by atoms with Crippen LogP contribution in [0.4, 0.5) is 11.6 Å². The summed E-state index contributed by atoms with van der Waals surface area (Å²) in [5, 5.41) is 0. The molecule has 0 aliphatic carbocycles. The molecule has 0 saturated carbocycles. The molecule has 2 aromatic heterocycles. The summed E-state index contributed by atoms with van der Waals surface area (Å²) in [7, 11) is -4.19. The maximum atomic E-state index is 14.5. The molecule has 13 nitrogen and oxygen atoms in total. The lowest BCUT2D eigenvalue weighted by molar-refractivity contribution is 0.0504. The zero-order valence-electron chi connectivity index (χ0n) is 31.9. The number of morpholine rings is 1. The van der Waals surface area contributed by atoms with Crippen LogP contribution in [0.2, 0.25) is 0 Å². The highest BCUT2D eigenvalue weighted by Crippen LogP contribution is 2.35. The molecule has 2 saturated heterocycles. The van der Waals surface area contributed by atoms with E-state index in [-0.39, 0.29) is 46.8 Å². The van der Waals surface area contributed by atoms with E-state index < -0.39 is 16.1 Å². The van der Waals surface area contributed by atoms with Gasteiger partial charge in [0.1, 0.15) is 12.4 Å². The predicted molar refractivity (Wildman–Crippen MR) is 203 cm³/mol. The molecule has 1 atom stereocenters. The summed E-state index contributed by atoms with van der Waals surface area (Å²) in [6.45, 7) is 17.0. The normalized spacial score (nSPS) is 20.3. The van der Waals surface area contributed by atoms with E-state index in [0.717, 1.165) is 56.8 Å². The van der Waals surface area contributed by atoms with Crippen LogP contribution >= 0.6 is 0 Å². The van der Waals surface area contributed by atoms with E-state index in [1.165, 1.54) is 17.7 Å². The number of carbonyl (C=O) groups is 1. The van der Waals surface area contributed by atoms with Gasteiger partial charge < -0.3 is 24.0 Å². The third-order valence-electron chi connectivity index (χ3n) is 10.2. The van der Waals surface area contributed by atoms with Gasteiger partial charge in [-0.25, -0.2) is 28.1 Å². The van der Waals surface area contributed by atoms with E-state index in [1.54, 1.807) is 29.4 Å². The number of nitrogens with zero attached hydrogens (tertiary/aromatic N) is 6. The molecule has 3 aromatic rings. The maximum absolute atomic E-state index is 14.5. The molecule has 286 valence electrons. The Bertz CT molecular complexity index is 1900. The number of sulfonamides is 1. The van der Waals surface area contributed by atoms with E-state index in [0.29, 0.717) is 49.1 Å². The van der Waals surface area contributed by atoms with E-state index in [9.17, 15) is 13.2 Å². The van der Waals surface area contributed by atoms with Gasteiger partial charge in [-0.2, -0.15) is 4.98 Å². The number of ether oxygens (including phenoxy) is 3. The minimum atomic E-state index is -4.19. The monoisotopic (exact) mass is 747 g/mol. The zero-order valence-corrected chi connectivity index (χ0v) is 32.7. The first-order chi connectivity index (χ1) is 25.3. The highest BCUT2D eigenvalue weighted by atomic mass is 32.2. The molecule has 2 fully saturated rings. The second-order valence-electron chi connectivity index (χ2n) is 15.5. The quantitative estimate of drug-likeness (QED) is 0.287. The molecule has 5 heterocycles. The number of carbonyl (C=O) groups excluding carboxylic acids is 1. The number of anilines is 2. The Balaban J connectivity index is 1.42. The number of benzene rings is 1. The fourth-order valence-electron chi connectivity index (χ4n) is 7.37. The topological polar surface area (TPSA) is 149 Å². The lowest BCUT2D eigenvalue weighted by atomic mass is 9.87. The zero-order chi connectivity index (χ0) is 37.8. The molecule has 14 heteroatoms. The second kappa shape index (κ2) is 16.5. The average molecular weight is 748 g/mol. The Morgan fingerprint density at radius 3 is 2.40 bits per heavy atom. The third kappa shape index (κ3) is 9.51. The minimum Gasteiger partial charge on any atom is -0.475 e. The Labute approximate surface area is 313 Å². The first-order valence-corrected chi connectivity index (χ1v) is 20.1. The number of rotatable bonds is 8. The molecular formula is C39H53N7O6S. The molecule has 0 unspecified atom stereocenters. The van der Waals surface area contributed by atoms with Gasteiger partial charge in [-0.1, -0.05) is 39.3 Å². The summed E-state index contributed by atoms with van der Waals surface area (Å²) < 4.78 is 48.0. The second-order valence-corrected chi connectivity index (χ2v) is 17.1. The van der Waals surface area contributed by atoms with Crippen molar-refractivity contribution in [2.24, 2.45) is 11.3 Å². The first kappa shape index (κ1) is 38.6. The number of allylic oxidation sites excluding steroid dienone is 2. The lowest BCUT2D eigenvalue weighted by Crippen LogP contribution is -2.45. The SMILES string of the molecule is CC/C(=C(\C)CC1CCOCC1)c1nc2nc(c1C)OC[C@@H](CC(C)(C)C)N(Cc1ncc(N3CCOCC3)cn1)C(=O)c1cccc(c1)S(=O)(=O)N2. The molecule has 3 aliphatic rings. The van der Waals surface area contributed by atoms with Gasteiger partial charge in [0.2, 0.25) is 11.8 Å². The molecule has 1 N–H and O–H groups in total. The van der Waals surface area contributed by atoms with Crippen LogP contribution in [0.15, 0.2) is 47.1 Å². The summed E-state index contributed by atoms with van der Waals surface area (Å²) in [6, 6.07) is 5.62. The van der Waals surface area contributed by atoms with Crippen molar-refractivity contribution in [2.75, 3.05) is 55.7 Å². The van der Waals surface area contributed by atoms with Gasteiger partial charge in [0.25, 0.3) is 15.9 Å². The summed E-state index contributed by atoms with van der Waals surface area (Å²) in [5.41, 5.74) is 4.51. The minimum absolute atomic E-state index is 0.0730. The number of amides is 1. The Morgan fingerprint density at radius 1 is 1.02 bits per heavy atom. The predicted octanol–water partition coefficient (Wildman–Crippen LogP) is 6.05. The number of nitrogens with one attached hydrogen (secondary N) is 1. The van der Waals surface area contributed by atoms with Gasteiger partial charge in [0.05, 0.1) is 54.5 Å². The molecule has 4 bridgehead atoms. The Hall–Kier alpha value is -4.14. The van der Waals surface area contributed by atoms with Crippen molar-refractivity contribution in [1.29, 1.82) is 0 Å². The van der Waals surface area contributed by atoms with Crippen LogP contribution in [-0.2, 0) is 26.0 Å². The van der Waals surface area contributed by atoms with Crippen molar-refractivity contribution in [2.45, 2.75) is 91.1 Å². The molecule has 0 spiro atoms. The largest absolute Gasteiger partial charge is 0.475 e. The van der Waals surface area contributed by atoms with Crippen molar-refractivity contribution in [1.82, 2.24) is 24.8 Å². The summed E-state index contributed by atoms with van der Waals surface area (Å²) in [6.07, 6.45) is 7.74. The summed E-state index contributed by atoms with van der Waals surface area (Å²) in [4.78, 5) is 37.2. The van der Waals surface area contributed by atoms with E-state index >= 15 is 0 Å². The molecular weight excluding hydrogens is 695 g/mol. The van der Waals surface area contributed by atoms with Crippen molar-refractivity contribution in [3.05, 3.63) is 64.9 Å². The number of fused-ring (bicyclic) bond motifs is 4. The first-order valence-electron chi connectivity index (χ1n) is 18.7. The van der Waals surface area contributed by atoms with Crippen LogP contribution in [0.5, 0.6) is 5.88 Å². The average Bonchev–Trinajstić information content (AvgIpc) is 3.14. The van der Waals surface area contributed by atoms with Crippen LogP contribution in [0, 0.1) is 18.3 Å². The van der Waals surface area contributed by atoms with Crippen LogP contribution in [0.3, 0.4) is 0 Å². The summed E-state index contributed by atoms with van der Waals surface area (Å²) >= 11 is 0. The van der Waals surface area contributed by atoms with Crippen LogP contribution in [-0.4, -0.2) is 91.3 Å². The lowest BCUT2D eigenvalue weighted by Gasteiger charge is -2.35. The van der Waals surface area contributed by atoms with Crippen LogP contribution in [0.1, 0.15) is 94.2 Å². The van der Waals surface area contributed by atoms with E-state index in [1.807, 2.05) is 6.92 Å². The Morgan fingerprint density at radius 2 is 1.72 bits per heavy atom. The van der Waals surface area contributed by atoms with Gasteiger partial charge in [-0.3, -0.25) is 4.79 Å². The molecule has 0 radical (unpaired) electrons.